The van der Waals surface area contributed by atoms with Gasteiger partial charge in [-0.15, -0.1) is 0 Å². The quantitative estimate of drug-likeness (QED) is 0.346. The second-order valence-electron chi connectivity index (χ2n) is 8.47. The van der Waals surface area contributed by atoms with Gasteiger partial charge in [-0.2, -0.15) is 0 Å². The van der Waals surface area contributed by atoms with Gasteiger partial charge in [-0.05, 0) is 60.2 Å². The topological polar surface area (TPSA) is 79.4 Å². The summed E-state index contributed by atoms with van der Waals surface area (Å²) in [4.78, 5) is 23.7. The minimum atomic E-state index is -0.0850. The third-order valence-corrected chi connectivity index (χ3v) is 6.15. The monoisotopic (exact) mass is 499 g/mol. The molecule has 3 aromatic carbocycles. The van der Waals surface area contributed by atoms with E-state index in [1.54, 1.807) is 18.3 Å². The maximum atomic E-state index is 12.4. The Bertz CT molecular complexity index is 1310. The minimum absolute atomic E-state index is 0.0850. The van der Waals surface area contributed by atoms with Crippen LogP contribution in [0, 0.1) is 0 Å². The summed E-state index contributed by atoms with van der Waals surface area (Å²) in [7, 11) is 0. The number of nitrogens with zero attached hydrogens (tertiary/aromatic N) is 3. The van der Waals surface area contributed by atoms with Gasteiger partial charge >= 0.3 is 0 Å². The number of hydrogen-bond donors (Lipinski definition) is 2. The number of aromatic nitrogens is 2. The van der Waals surface area contributed by atoms with Gasteiger partial charge in [0.25, 0.3) is 0 Å². The molecule has 1 aromatic heterocycles. The molecule has 1 saturated heterocycles. The third-order valence-electron chi connectivity index (χ3n) is 5.90. The number of anilines is 4. The lowest BCUT2D eigenvalue weighted by molar-refractivity contribution is -0.115. The fourth-order valence-electron chi connectivity index (χ4n) is 4.00. The van der Waals surface area contributed by atoms with E-state index in [1.165, 1.54) is 5.69 Å². The van der Waals surface area contributed by atoms with E-state index >= 15 is 0 Å². The molecule has 1 fully saturated rings. The largest absolute Gasteiger partial charge is 0.378 e. The molecule has 7 nitrogen and oxygen atoms in total. The van der Waals surface area contributed by atoms with Crippen LogP contribution in [0.25, 0.3) is 11.3 Å². The van der Waals surface area contributed by atoms with E-state index < -0.39 is 0 Å². The Morgan fingerprint density at radius 2 is 1.58 bits per heavy atom. The summed E-state index contributed by atoms with van der Waals surface area (Å²) in [5.41, 5.74) is 5.45. The number of morpholine rings is 1. The van der Waals surface area contributed by atoms with Crippen LogP contribution in [0.2, 0.25) is 5.02 Å². The molecule has 36 heavy (non-hydrogen) atoms. The first-order valence-electron chi connectivity index (χ1n) is 11.8. The van der Waals surface area contributed by atoms with Crippen molar-refractivity contribution in [1.29, 1.82) is 0 Å². The third kappa shape index (κ3) is 6.19. The maximum Gasteiger partial charge on any atom is 0.228 e. The highest BCUT2D eigenvalue weighted by atomic mass is 35.5. The van der Waals surface area contributed by atoms with Crippen LogP contribution >= 0.6 is 11.6 Å². The Hall–Kier alpha value is -3.94. The van der Waals surface area contributed by atoms with Crippen LogP contribution in [-0.4, -0.2) is 42.2 Å². The van der Waals surface area contributed by atoms with Crippen LogP contribution in [0.1, 0.15) is 5.56 Å². The van der Waals surface area contributed by atoms with E-state index in [0.717, 1.165) is 54.5 Å². The highest BCUT2D eigenvalue weighted by molar-refractivity contribution is 6.30. The van der Waals surface area contributed by atoms with E-state index in [2.05, 4.69) is 37.6 Å². The van der Waals surface area contributed by atoms with Crippen molar-refractivity contribution in [3.63, 3.8) is 0 Å². The second kappa shape index (κ2) is 11.2. The van der Waals surface area contributed by atoms with E-state index in [4.69, 9.17) is 16.3 Å². The average Bonchev–Trinajstić information content (AvgIpc) is 2.91. The average molecular weight is 500 g/mol. The lowest BCUT2D eigenvalue weighted by atomic mass is 10.1. The van der Waals surface area contributed by atoms with Crippen molar-refractivity contribution in [2.75, 3.05) is 41.8 Å². The van der Waals surface area contributed by atoms with E-state index in [0.29, 0.717) is 11.0 Å². The molecule has 0 unspecified atom stereocenters. The smallest absolute Gasteiger partial charge is 0.228 e. The molecule has 8 heteroatoms. The van der Waals surface area contributed by atoms with Gasteiger partial charge in [0.15, 0.2) is 0 Å². The van der Waals surface area contributed by atoms with Gasteiger partial charge in [0.1, 0.15) is 0 Å². The Morgan fingerprint density at radius 1 is 0.889 bits per heavy atom. The molecule has 2 N–H and O–H groups in total. The first kappa shape index (κ1) is 23.8. The van der Waals surface area contributed by atoms with Crippen LogP contribution < -0.4 is 15.5 Å². The molecule has 182 valence electrons. The Labute approximate surface area is 215 Å². The van der Waals surface area contributed by atoms with Crippen LogP contribution in [-0.2, 0) is 16.0 Å². The van der Waals surface area contributed by atoms with Crippen molar-refractivity contribution >= 4 is 40.5 Å². The predicted octanol–water partition coefficient (Wildman–Crippen LogP) is 5.56. The number of nitrogens with one attached hydrogen (secondary N) is 2. The van der Waals surface area contributed by atoms with Crippen molar-refractivity contribution in [1.82, 2.24) is 9.97 Å². The van der Waals surface area contributed by atoms with E-state index in [-0.39, 0.29) is 12.3 Å². The van der Waals surface area contributed by atoms with Crippen LogP contribution in [0.4, 0.5) is 23.0 Å². The maximum absolute atomic E-state index is 12.4. The Kier molecular flexibility index (Phi) is 7.40. The van der Waals surface area contributed by atoms with Crippen LogP contribution in [0.5, 0.6) is 0 Å². The van der Waals surface area contributed by atoms with E-state index in [9.17, 15) is 4.79 Å². The first-order chi connectivity index (χ1) is 17.6. The second-order valence-corrected chi connectivity index (χ2v) is 8.90. The highest BCUT2D eigenvalue weighted by Gasteiger charge is 2.11. The predicted molar refractivity (Wildman–Crippen MR) is 144 cm³/mol. The molecule has 5 rings (SSSR count). The molecular weight excluding hydrogens is 474 g/mol. The molecule has 0 spiro atoms. The summed E-state index contributed by atoms with van der Waals surface area (Å²) < 4.78 is 5.43. The molecule has 0 saturated carbocycles. The van der Waals surface area contributed by atoms with Crippen molar-refractivity contribution in [3.8, 4) is 11.3 Å². The molecule has 1 aliphatic rings. The molecule has 0 atom stereocenters. The molecule has 0 radical (unpaired) electrons. The van der Waals surface area contributed by atoms with Crippen molar-refractivity contribution < 1.29 is 9.53 Å². The lowest BCUT2D eigenvalue weighted by Crippen LogP contribution is -2.36. The summed E-state index contributed by atoms with van der Waals surface area (Å²) in [6.45, 7) is 3.33. The summed E-state index contributed by atoms with van der Waals surface area (Å²) in [6, 6.07) is 25.0. The number of rotatable bonds is 7. The normalized spacial score (nSPS) is 13.3. The van der Waals surface area contributed by atoms with Crippen molar-refractivity contribution in [2.45, 2.75) is 6.42 Å². The number of carbonyl (C=O) groups excluding carboxylic acids is 1. The van der Waals surface area contributed by atoms with Crippen LogP contribution in [0.15, 0.2) is 85.1 Å². The zero-order chi connectivity index (χ0) is 24.7. The van der Waals surface area contributed by atoms with Gasteiger partial charge in [-0.1, -0.05) is 35.9 Å². The molecule has 4 aromatic rings. The molecule has 0 bridgehead atoms. The van der Waals surface area contributed by atoms with Gasteiger partial charge in [0.2, 0.25) is 11.9 Å². The Morgan fingerprint density at radius 3 is 2.31 bits per heavy atom. The molecule has 1 aliphatic heterocycles. The fraction of sp³-hybridized carbons (Fsp3) is 0.179. The molecule has 2 heterocycles. The van der Waals surface area contributed by atoms with Gasteiger partial charge < -0.3 is 20.3 Å². The number of benzene rings is 3. The fourth-order valence-corrected chi connectivity index (χ4v) is 4.13. The number of ether oxygens (including phenoxy) is 1. The van der Waals surface area contributed by atoms with E-state index in [1.807, 2.05) is 54.6 Å². The van der Waals surface area contributed by atoms with Crippen LogP contribution in [0.3, 0.4) is 0 Å². The van der Waals surface area contributed by atoms with Gasteiger partial charge in [0.05, 0.1) is 25.3 Å². The first-order valence-corrected chi connectivity index (χ1v) is 12.2. The van der Waals surface area contributed by atoms with Gasteiger partial charge in [0, 0.05) is 46.9 Å². The standard InChI is InChI=1S/C28H26ClN5O2/c29-22-5-1-20(2-6-22)19-27(35)31-23-7-3-21(4-8-23)26-13-14-30-28(33-26)32-24-9-11-25(12-10-24)34-15-17-36-18-16-34/h1-14H,15-19H2,(H,31,35)(H,30,32,33). The summed E-state index contributed by atoms with van der Waals surface area (Å²) in [6.07, 6.45) is 2.02. The lowest BCUT2D eigenvalue weighted by Gasteiger charge is -2.28. The SMILES string of the molecule is O=C(Cc1ccc(Cl)cc1)Nc1ccc(-c2ccnc(Nc3ccc(N4CCOCC4)cc3)n2)cc1. The van der Waals surface area contributed by atoms with Crippen molar-refractivity contribution in [3.05, 3.63) is 95.6 Å². The molecule has 1 amide bonds. The zero-order valence-corrected chi connectivity index (χ0v) is 20.4. The zero-order valence-electron chi connectivity index (χ0n) is 19.7. The molecule has 0 aliphatic carbocycles. The number of hydrogen-bond acceptors (Lipinski definition) is 6. The highest BCUT2D eigenvalue weighted by Crippen LogP contribution is 2.23. The summed E-state index contributed by atoms with van der Waals surface area (Å²) in [5.74, 6) is 0.435. The summed E-state index contributed by atoms with van der Waals surface area (Å²) >= 11 is 5.91. The Balaban J connectivity index is 1.20. The van der Waals surface area contributed by atoms with Gasteiger partial charge in [-0.25, -0.2) is 9.97 Å². The van der Waals surface area contributed by atoms with Crippen molar-refractivity contribution in [2.24, 2.45) is 0 Å². The molecular formula is C28H26ClN5O2. The van der Waals surface area contributed by atoms with Gasteiger partial charge in [-0.3, -0.25) is 4.79 Å². The summed E-state index contributed by atoms with van der Waals surface area (Å²) in [5, 5.41) is 6.86. The number of halogens is 1. The minimum Gasteiger partial charge on any atom is -0.378 e. The number of carbonyl (C=O) groups is 1. The number of amides is 1.